The number of hydrogen-bond acceptors (Lipinski definition) is 5. The molecule has 4 aromatic rings. The van der Waals surface area contributed by atoms with E-state index >= 15 is 0 Å². The van der Waals surface area contributed by atoms with Crippen molar-refractivity contribution < 1.29 is 4.74 Å². The van der Waals surface area contributed by atoms with E-state index in [0.29, 0.717) is 0 Å². The van der Waals surface area contributed by atoms with Crippen LogP contribution in [0, 0.1) is 0 Å². The molecule has 2 aromatic carbocycles. The molecule has 2 aromatic heterocycles. The molecule has 3 heterocycles. The normalized spacial score (nSPS) is 17.4. The largest absolute Gasteiger partial charge is 0.457 e. The minimum Gasteiger partial charge on any atom is -0.457 e. The van der Waals surface area contributed by atoms with Gasteiger partial charge in [-0.1, -0.05) is 18.2 Å². The second kappa shape index (κ2) is 7.68. The number of ether oxygens (including phenoxy) is 1. The van der Waals surface area contributed by atoms with Gasteiger partial charge in [0, 0.05) is 18.3 Å². The molecule has 1 aliphatic rings. The first-order valence-electron chi connectivity index (χ1n) is 9.79. The summed E-state index contributed by atoms with van der Waals surface area (Å²) < 4.78 is 7.91. The van der Waals surface area contributed by atoms with Crippen LogP contribution in [-0.4, -0.2) is 45.6 Å². The predicted octanol–water partition coefficient (Wildman–Crippen LogP) is 4.01. The third-order valence-electron chi connectivity index (χ3n) is 5.25. The molecule has 1 saturated heterocycles. The molecule has 0 aliphatic carbocycles. The number of aromatic nitrogens is 4. The van der Waals surface area contributed by atoms with Crippen LogP contribution in [0.3, 0.4) is 0 Å². The molecular weight excluding hydrogens is 361 g/mol. The lowest BCUT2D eigenvalue weighted by atomic mass is 10.0. The van der Waals surface area contributed by atoms with Crippen LogP contribution in [0.1, 0.15) is 18.9 Å². The highest BCUT2D eigenvalue weighted by Crippen LogP contribution is 2.32. The quantitative estimate of drug-likeness (QED) is 0.500. The van der Waals surface area contributed by atoms with Crippen LogP contribution in [0.5, 0.6) is 11.5 Å². The maximum absolute atomic E-state index is 6.05. The first-order valence-corrected chi connectivity index (χ1v) is 9.79. The second-order valence-electron chi connectivity index (χ2n) is 7.28. The summed E-state index contributed by atoms with van der Waals surface area (Å²) in [6.07, 6.45) is 5.49. The van der Waals surface area contributed by atoms with Crippen molar-refractivity contribution in [2.75, 3.05) is 13.1 Å². The monoisotopic (exact) mass is 381 g/mol. The molecule has 29 heavy (non-hydrogen) atoms. The fourth-order valence-electron chi connectivity index (χ4n) is 3.84. The Kier molecular flexibility index (Phi) is 4.73. The molecule has 5 rings (SSSR count). The van der Waals surface area contributed by atoms with E-state index in [0.717, 1.165) is 59.7 Å². The first-order chi connectivity index (χ1) is 14.3. The summed E-state index contributed by atoms with van der Waals surface area (Å²) in [4.78, 5) is 10.6. The number of hydrogen-bond donors (Lipinski definition) is 0. The Labute approximate surface area is 170 Å². The molecule has 2 radical (unpaired) electrons. The van der Waals surface area contributed by atoms with Crippen LogP contribution in [0.15, 0.2) is 67.1 Å². The number of fused-ring (bicyclic) bond motifs is 1. The van der Waals surface area contributed by atoms with Crippen molar-refractivity contribution >= 4 is 19.0 Å². The zero-order chi connectivity index (χ0) is 19.6. The summed E-state index contributed by atoms with van der Waals surface area (Å²) in [5, 5.41) is 5.87. The van der Waals surface area contributed by atoms with Gasteiger partial charge in [-0.25, -0.2) is 14.6 Å². The van der Waals surface area contributed by atoms with E-state index in [4.69, 9.17) is 17.8 Å². The molecule has 7 heteroatoms. The number of nitrogens with zero attached hydrogens (tertiary/aromatic N) is 5. The van der Waals surface area contributed by atoms with E-state index in [1.165, 1.54) is 0 Å². The third-order valence-corrected chi connectivity index (χ3v) is 5.25. The van der Waals surface area contributed by atoms with Gasteiger partial charge in [0.05, 0.1) is 11.4 Å². The van der Waals surface area contributed by atoms with Gasteiger partial charge in [-0.05, 0) is 55.8 Å². The summed E-state index contributed by atoms with van der Waals surface area (Å²) >= 11 is 0. The Balaban J connectivity index is 1.48. The smallest absolute Gasteiger partial charge is 0.182 e. The zero-order valence-electron chi connectivity index (χ0n) is 16.0. The summed E-state index contributed by atoms with van der Waals surface area (Å²) in [6.45, 7) is 1.69. The Morgan fingerprint density at radius 3 is 2.59 bits per heavy atom. The van der Waals surface area contributed by atoms with Crippen molar-refractivity contribution in [1.29, 1.82) is 0 Å². The summed E-state index contributed by atoms with van der Waals surface area (Å²) in [5.74, 6) is 1.60. The Morgan fingerprint density at radius 1 is 1.00 bits per heavy atom. The standard InChI is InChI=1S/C22H20BN5O/c23-27-12-4-5-17(14-27)28-22-20(13-24-15-25-22)21(26-28)16-8-10-19(11-9-16)29-18-6-2-1-3-7-18/h1-3,6-11,13,15,17H,4-5,12,14H2/t17-/m1/s1. The van der Waals surface area contributed by atoms with Crippen LogP contribution in [0.4, 0.5) is 0 Å². The highest BCUT2D eigenvalue weighted by molar-refractivity contribution is 6.04. The molecule has 1 fully saturated rings. The summed E-state index contributed by atoms with van der Waals surface area (Å²) in [5.41, 5.74) is 2.73. The highest BCUT2D eigenvalue weighted by atomic mass is 16.5. The molecule has 0 spiro atoms. The Bertz CT molecular complexity index is 1110. The van der Waals surface area contributed by atoms with E-state index in [-0.39, 0.29) is 6.04 Å². The maximum atomic E-state index is 6.05. The van der Waals surface area contributed by atoms with E-state index in [1.807, 2.05) is 70.3 Å². The van der Waals surface area contributed by atoms with E-state index < -0.39 is 0 Å². The molecule has 1 aliphatic heterocycles. The second-order valence-corrected chi connectivity index (χ2v) is 7.28. The average molecular weight is 381 g/mol. The van der Waals surface area contributed by atoms with E-state index in [2.05, 4.69) is 9.97 Å². The van der Waals surface area contributed by atoms with Gasteiger partial charge < -0.3 is 9.55 Å². The molecule has 0 bridgehead atoms. The topological polar surface area (TPSA) is 56.1 Å². The van der Waals surface area contributed by atoms with Gasteiger partial charge in [0.2, 0.25) is 0 Å². The van der Waals surface area contributed by atoms with E-state index in [1.54, 1.807) is 6.33 Å². The average Bonchev–Trinajstić information content (AvgIpc) is 3.15. The Morgan fingerprint density at radius 2 is 1.79 bits per heavy atom. The van der Waals surface area contributed by atoms with Crippen molar-refractivity contribution in [2.24, 2.45) is 0 Å². The number of piperidine rings is 1. The number of benzene rings is 2. The van der Waals surface area contributed by atoms with Crippen molar-refractivity contribution in [3.63, 3.8) is 0 Å². The highest BCUT2D eigenvalue weighted by Gasteiger charge is 2.23. The maximum Gasteiger partial charge on any atom is 0.182 e. The molecule has 0 amide bonds. The SMILES string of the molecule is [B]N1CCC[C@@H](n2nc(-c3ccc(Oc4ccccc4)cc3)c3cncnc32)C1. The zero-order valence-corrected chi connectivity index (χ0v) is 16.0. The van der Waals surface area contributed by atoms with Crippen molar-refractivity contribution in [1.82, 2.24) is 24.6 Å². The third kappa shape index (κ3) is 3.61. The molecule has 1 atom stereocenters. The van der Waals surface area contributed by atoms with Gasteiger partial charge in [0.15, 0.2) is 13.6 Å². The lowest BCUT2D eigenvalue weighted by Gasteiger charge is -2.30. The fourth-order valence-corrected chi connectivity index (χ4v) is 3.84. The predicted molar refractivity (Wildman–Crippen MR) is 113 cm³/mol. The van der Waals surface area contributed by atoms with E-state index in [9.17, 15) is 0 Å². The summed E-state index contributed by atoms with van der Waals surface area (Å²) in [6, 6.07) is 17.9. The van der Waals surface area contributed by atoms with Crippen LogP contribution in [-0.2, 0) is 0 Å². The minimum atomic E-state index is 0.209. The lowest BCUT2D eigenvalue weighted by Crippen LogP contribution is -2.35. The molecule has 6 nitrogen and oxygen atoms in total. The van der Waals surface area contributed by atoms with Crippen molar-refractivity contribution in [2.45, 2.75) is 18.9 Å². The lowest BCUT2D eigenvalue weighted by molar-refractivity contribution is 0.265. The van der Waals surface area contributed by atoms with Gasteiger partial charge in [-0.2, -0.15) is 5.10 Å². The van der Waals surface area contributed by atoms with Crippen LogP contribution in [0.25, 0.3) is 22.3 Å². The molecular formula is C22H20BN5O. The number of rotatable bonds is 4. The molecule has 0 N–H and O–H groups in total. The van der Waals surface area contributed by atoms with Crippen molar-refractivity contribution in [3.8, 4) is 22.8 Å². The van der Waals surface area contributed by atoms with Crippen molar-refractivity contribution in [3.05, 3.63) is 67.1 Å². The molecule has 0 unspecified atom stereocenters. The molecule has 0 saturated carbocycles. The van der Waals surface area contributed by atoms with Gasteiger partial charge in [0.25, 0.3) is 0 Å². The van der Waals surface area contributed by atoms with Crippen LogP contribution >= 0.6 is 0 Å². The first kappa shape index (κ1) is 17.9. The Hall–Kier alpha value is -3.19. The van der Waals surface area contributed by atoms with Gasteiger partial charge >= 0.3 is 0 Å². The van der Waals surface area contributed by atoms with Gasteiger partial charge in [-0.3, -0.25) is 0 Å². The van der Waals surface area contributed by atoms with Gasteiger partial charge in [0.1, 0.15) is 23.5 Å². The summed E-state index contributed by atoms with van der Waals surface area (Å²) in [7, 11) is 6.05. The molecule has 142 valence electrons. The van der Waals surface area contributed by atoms with Gasteiger partial charge in [-0.15, -0.1) is 0 Å². The van der Waals surface area contributed by atoms with Crippen LogP contribution in [0.2, 0.25) is 0 Å². The fraction of sp³-hybridized carbons (Fsp3) is 0.227. The van der Waals surface area contributed by atoms with Crippen LogP contribution < -0.4 is 4.74 Å². The minimum absolute atomic E-state index is 0.209. The number of para-hydroxylation sites is 1.